The van der Waals surface area contributed by atoms with Crippen LogP contribution in [0.1, 0.15) is 28.9 Å². The molecule has 1 atom stereocenters. The summed E-state index contributed by atoms with van der Waals surface area (Å²) in [5.41, 5.74) is 2.90. The van der Waals surface area contributed by atoms with Crippen LogP contribution >= 0.6 is 0 Å². The van der Waals surface area contributed by atoms with E-state index in [4.69, 9.17) is 4.74 Å². The summed E-state index contributed by atoms with van der Waals surface area (Å²) in [5.74, 6) is 0.498. The summed E-state index contributed by atoms with van der Waals surface area (Å²) in [6.07, 6.45) is 0. The summed E-state index contributed by atoms with van der Waals surface area (Å²) in [6, 6.07) is 20.3. The first-order valence-corrected chi connectivity index (χ1v) is 10.3. The number of hydrogen-bond acceptors (Lipinski definition) is 4. The number of likely N-dealkylation sites (N-methyl/N-ethyl adjacent to an activating group) is 1. The van der Waals surface area contributed by atoms with Crippen LogP contribution in [0, 0.1) is 0 Å². The van der Waals surface area contributed by atoms with Crippen LogP contribution in [0.2, 0.25) is 0 Å². The van der Waals surface area contributed by atoms with Gasteiger partial charge in [0.05, 0.1) is 18.2 Å². The summed E-state index contributed by atoms with van der Waals surface area (Å²) < 4.78 is 5.76. The van der Waals surface area contributed by atoms with E-state index >= 15 is 0 Å². The number of rotatable bonds is 8. The zero-order valence-electron chi connectivity index (χ0n) is 18.5. The van der Waals surface area contributed by atoms with E-state index in [0.717, 1.165) is 22.0 Å². The van der Waals surface area contributed by atoms with Crippen molar-refractivity contribution in [1.29, 1.82) is 0 Å². The molecule has 30 heavy (non-hydrogen) atoms. The number of carbonyl (C=O) groups excluding carboxylic acids is 1. The molecule has 0 heterocycles. The molecule has 0 unspecified atom stereocenters. The maximum absolute atomic E-state index is 13.2. The molecule has 0 spiro atoms. The molecule has 0 saturated carbocycles. The summed E-state index contributed by atoms with van der Waals surface area (Å²) in [4.78, 5) is 17.4. The average molecular weight is 406 g/mol. The van der Waals surface area contributed by atoms with Gasteiger partial charge in [0, 0.05) is 26.3 Å². The van der Waals surface area contributed by atoms with Crippen LogP contribution in [0.5, 0.6) is 5.75 Å². The van der Waals surface area contributed by atoms with Crippen molar-refractivity contribution in [3.8, 4) is 5.75 Å². The molecule has 1 N–H and O–H groups in total. The van der Waals surface area contributed by atoms with Gasteiger partial charge >= 0.3 is 0 Å². The molecule has 5 nitrogen and oxygen atoms in total. The monoisotopic (exact) mass is 405 g/mol. The Labute approximate surface area is 179 Å². The third kappa shape index (κ3) is 4.74. The molecule has 0 fully saturated rings. The van der Waals surface area contributed by atoms with Crippen LogP contribution < -0.4 is 15.0 Å². The highest BCUT2D eigenvalue weighted by Gasteiger charge is 2.20. The minimum atomic E-state index is -0.119. The number of nitrogens with zero attached hydrogens (tertiary/aromatic N) is 2. The summed E-state index contributed by atoms with van der Waals surface area (Å²) in [6.45, 7) is 2.94. The van der Waals surface area contributed by atoms with Gasteiger partial charge in [0.25, 0.3) is 5.91 Å². The van der Waals surface area contributed by atoms with Crippen molar-refractivity contribution in [3.63, 3.8) is 0 Å². The van der Waals surface area contributed by atoms with E-state index in [1.54, 1.807) is 0 Å². The minimum Gasteiger partial charge on any atom is -0.493 e. The third-order valence-corrected chi connectivity index (χ3v) is 5.29. The second-order valence-electron chi connectivity index (χ2n) is 7.77. The fraction of sp³-hybridized carbons (Fsp3) is 0.320. The largest absolute Gasteiger partial charge is 0.493 e. The van der Waals surface area contributed by atoms with E-state index in [-0.39, 0.29) is 11.9 Å². The van der Waals surface area contributed by atoms with Crippen molar-refractivity contribution in [2.75, 3.05) is 46.2 Å². The van der Waals surface area contributed by atoms with Crippen LogP contribution in [-0.4, -0.2) is 52.1 Å². The second kappa shape index (κ2) is 9.63. The Hall–Kier alpha value is -3.05. The molecule has 1 amide bonds. The van der Waals surface area contributed by atoms with E-state index in [1.807, 2.05) is 71.5 Å². The van der Waals surface area contributed by atoms with Gasteiger partial charge in [-0.05, 0) is 55.6 Å². The van der Waals surface area contributed by atoms with Crippen molar-refractivity contribution >= 4 is 22.4 Å². The first kappa shape index (κ1) is 21.7. The van der Waals surface area contributed by atoms with Crippen LogP contribution in [0.3, 0.4) is 0 Å². The van der Waals surface area contributed by atoms with Gasteiger partial charge in [-0.1, -0.05) is 42.5 Å². The Kier molecular flexibility index (Phi) is 6.95. The molecule has 3 rings (SSSR count). The van der Waals surface area contributed by atoms with Gasteiger partial charge in [-0.15, -0.1) is 0 Å². The van der Waals surface area contributed by atoms with Gasteiger partial charge in [-0.3, -0.25) is 4.79 Å². The maximum Gasteiger partial charge on any atom is 0.255 e. The third-order valence-electron chi connectivity index (χ3n) is 5.29. The molecule has 0 aliphatic rings. The van der Waals surface area contributed by atoms with Crippen LogP contribution in [0.25, 0.3) is 10.8 Å². The number of ether oxygens (including phenoxy) is 1. The number of benzene rings is 3. The molecule has 0 aliphatic heterocycles. The van der Waals surface area contributed by atoms with Crippen LogP contribution in [0.4, 0.5) is 5.69 Å². The Bertz CT molecular complexity index is 997. The number of anilines is 1. The molecular formula is C25H31N3O2. The van der Waals surface area contributed by atoms with Gasteiger partial charge in [0.2, 0.25) is 0 Å². The highest BCUT2D eigenvalue weighted by atomic mass is 16.5. The molecule has 158 valence electrons. The lowest BCUT2D eigenvalue weighted by Gasteiger charge is -2.26. The molecule has 3 aromatic rings. The van der Waals surface area contributed by atoms with E-state index in [2.05, 4.69) is 39.4 Å². The number of nitrogens with one attached hydrogen (secondary N) is 1. The quantitative estimate of drug-likeness (QED) is 0.606. The molecular weight excluding hydrogens is 374 g/mol. The summed E-state index contributed by atoms with van der Waals surface area (Å²) in [7, 11) is 8.11. The van der Waals surface area contributed by atoms with Crippen LogP contribution in [-0.2, 0) is 0 Å². The zero-order valence-corrected chi connectivity index (χ0v) is 18.5. The predicted octanol–water partition coefficient (Wildman–Crippen LogP) is 4.34. The Morgan fingerprint density at radius 2 is 1.67 bits per heavy atom. The second-order valence-corrected chi connectivity index (χ2v) is 7.77. The number of amides is 1. The normalized spacial score (nSPS) is 12.1. The molecule has 0 saturated heterocycles. The van der Waals surface area contributed by atoms with Crippen molar-refractivity contribution < 1.29 is 9.53 Å². The van der Waals surface area contributed by atoms with E-state index in [9.17, 15) is 4.79 Å². The van der Waals surface area contributed by atoms with Crippen LogP contribution in [0.15, 0.2) is 60.7 Å². The first-order chi connectivity index (χ1) is 14.4. The zero-order chi connectivity index (χ0) is 21.7. The number of hydrogen-bond donors (Lipinski definition) is 1. The molecule has 0 aromatic heterocycles. The average Bonchev–Trinajstić information content (AvgIpc) is 2.74. The van der Waals surface area contributed by atoms with Crippen molar-refractivity contribution in [2.45, 2.75) is 13.0 Å². The van der Waals surface area contributed by atoms with Gasteiger partial charge in [-0.25, -0.2) is 0 Å². The van der Waals surface area contributed by atoms with Gasteiger partial charge in [-0.2, -0.15) is 0 Å². The highest BCUT2D eigenvalue weighted by Crippen LogP contribution is 2.28. The fourth-order valence-corrected chi connectivity index (χ4v) is 3.63. The van der Waals surface area contributed by atoms with Crippen molar-refractivity contribution in [2.24, 2.45) is 0 Å². The topological polar surface area (TPSA) is 44.8 Å². The highest BCUT2D eigenvalue weighted by molar-refractivity contribution is 6.09. The summed E-state index contributed by atoms with van der Waals surface area (Å²) in [5, 5.41) is 5.06. The smallest absolute Gasteiger partial charge is 0.255 e. The Morgan fingerprint density at radius 3 is 2.30 bits per heavy atom. The maximum atomic E-state index is 13.2. The number of fused-ring (bicyclic) bond motifs is 1. The van der Waals surface area contributed by atoms with E-state index < -0.39 is 0 Å². The molecule has 3 aromatic carbocycles. The minimum absolute atomic E-state index is 0.0654. The number of carbonyl (C=O) groups is 1. The molecule has 0 aliphatic carbocycles. The first-order valence-electron chi connectivity index (χ1n) is 10.3. The van der Waals surface area contributed by atoms with Gasteiger partial charge in [0.1, 0.15) is 5.75 Å². The van der Waals surface area contributed by atoms with E-state index in [0.29, 0.717) is 24.5 Å². The van der Waals surface area contributed by atoms with Gasteiger partial charge < -0.3 is 19.9 Å². The lowest BCUT2D eigenvalue weighted by molar-refractivity contribution is 0.0940. The van der Waals surface area contributed by atoms with Crippen molar-refractivity contribution in [1.82, 2.24) is 10.2 Å². The Balaban J connectivity index is 1.85. The van der Waals surface area contributed by atoms with Gasteiger partial charge in [0.15, 0.2) is 0 Å². The standard InChI is InChI=1S/C25H31N3O2/c1-6-30-23-16-13-18-9-7-8-10-21(18)24(23)25(29)26-17-22(28(4)5)19-11-14-20(15-12-19)27(2)3/h7-16,22H,6,17H2,1-5H3,(H,26,29)/t22-/m0/s1. The fourth-order valence-electron chi connectivity index (χ4n) is 3.63. The molecule has 0 bridgehead atoms. The lowest BCUT2D eigenvalue weighted by atomic mass is 10.0. The predicted molar refractivity (Wildman–Crippen MR) is 125 cm³/mol. The van der Waals surface area contributed by atoms with E-state index in [1.165, 1.54) is 0 Å². The van der Waals surface area contributed by atoms with Crippen molar-refractivity contribution in [3.05, 3.63) is 71.8 Å². The molecule has 0 radical (unpaired) electrons. The SMILES string of the molecule is CCOc1ccc2ccccc2c1C(=O)NC[C@@H](c1ccc(N(C)C)cc1)N(C)C. The Morgan fingerprint density at radius 1 is 0.967 bits per heavy atom. The lowest BCUT2D eigenvalue weighted by Crippen LogP contribution is -2.34. The summed E-state index contributed by atoms with van der Waals surface area (Å²) >= 11 is 0. The molecule has 5 heteroatoms.